The summed E-state index contributed by atoms with van der Waals surface area (Å²) in [6.07, 6.45) is 0. The second-order valence-electron chi connectivity index (χ2n) is 8.10. The van der Waals surface area contributed by atoms with Crippen LogP contribution in [0, 0.1) is 12.7 Å². The maximum atomic E-state index is 13.8. The molecule has 172 valence electrons. The van der Waals surface area contributed by atoms with Crippen LogP contribution >= 0.6 is 11.6 Å². The standard InChI is InChI=1S/C23H23ClFN5O3/c1-13-9-14(25)7-8-15(13)19-16-10-26-22(33)30(18-6-4-3-5-17(18)24)20(16)28-21(27-19)29-23(2,11-31)12-32/h3-9,31-32H,10-12H2,1-2H3,(H,26,33)(H,27,28,29). The second-order valence-corrected chi connectivity index (χ2v) is 8.51. The minimum absolute atomic E-state index is 0.0878. The number of hydrogen-bond donors (Lipinski definition) is 4. The van der Waals surface area contributed by atoms with Gasteiger partial charge in [0.25, 0.3) is 0 Å². The zero-order chi connectivity index (χ0) is 23.8. The number of aromatic nitrogens is 2. The van der Waals surface area contributed by atoms with Crippen LogP contribution in [0.1, 0.15) is 18.1 Å². The summed E-state index contributed by atoms with van der Waals surface area (Å²) in [4.78, 5) is 23.5. The van der Waals surface area contributed by atoms with Gasteiger partial charge in [-0.2, -0.15) is 4.98 Å². The van der Waals surface area contributed by atoms with Gasteiger partial charge in [-0.05, 0) is 49.7 Å². The molecular weight excluding hydrogens is 449 g/mol. The molecule has 1 aliphatic heterocycles. The summed E-state index contributed by atoms with van der Waals surface area (Å²) >= 11 is 6.39. The van der Waals surface area contributed by atoms with Crippen molar-refractivity contribution in [1.82, 2.24) is 15.3 Å². The number of nitrogens with one attached hydrogen (secondary N) is 2. The molecule has 0 spiro atoms. The van der Waals surface area contributed by atoms with E-state index in [2.05, 4.69) is 20.6 Å². The Bertz CT molecular complexity index is 1220. The predicted octanol–water partition coefficient (Wildman–Crippen LogP) is 3.76. The molecule has 0 saturated heterocycles. The monoisotopic (exact) mass is 471 g/mol. The van der Waals surface area contributed by atoms with Gasteiger partial charge in [-0.15, -0.1) is 0 Å². The van der Waals surface area contributed by atoms with Gasteiger partial charge in [0.1, 0.15) is 5.82 Å². The number of benzene rings is 2. The van der Waals surface area contributed by atoms with Crippen molar-refractivity contribution in [3.8, 4) is 11.3 Å². The highest BCUT2D eigenvalue weighted by atomic mass is 35.5. The topological polar surface area (TPSA) is 111 Å². The number of rotatable bonds is 6. The van der Waals surface area contributed by atoms with Gasteiger partial charge in [-0.1, -0.05) is 23.7 Å². The number of amides is 2. The van der Waals surface area contributed by atoms with Crippen LogP contribution in [-0.4, -0.2) is 45.0 Å². The van der Waals surface area contributed by atoms with E-state index in [-0.39, 0.29) is 31.5 Å². The Kier molecular flexibility index (Phi) is 6.20. The van der Waals surface area contributed by atoms with E-state index in [1.54, 1.807) is 44.2 Å². The Morgan fingerprint density at radius 3 is 2.61 bits per heavy atom. The van der Waals surface area contributed by atoms with Crippen LogP contribution in [0.15, 0.2) is 42.5 Å². The molecule has 0 fully saturated rings. The summed E-state index contributed by atoms with van der Waals surface area (Å²) in [7, 11) is 0. The van der Waals surface area contributed by atoms with E-state index in [1.807, 2.05) is 0 Å². The number of hydrogen-bond acceptors (Lipinski definition) is 6. The number of carbonyl (C=O) groups excluding carboxylic acids is 1. The number of aliphatic hydroxyl groups is 2. The maximum Gasteiger partial charge on any atom is 0.328 e. The van der Waals surface area contributed by atoms with Gasteiger partial charge >= 0.3 is 6.03 Å². The first kappa shape index (κ1) is 22.9. The number of halogens is 2. The fourth-order valence-electron chi connectivity index (χ4n) is 3.59. The van der Waals surface area contributed by atoms with Crippen molar-refractivity contribution in [2.75, 3.05) is 23.4 Å². The first-order valence-corrected chi connectivity index (χ1v) is 10.6. The minimum atomic E-state index is -1.12. The van der Waals surface area contributed by atoms with Gasteiger partial charge in [-0.3, -0.25) is 0 Å². The van der Waals surface area contributed by atoms with Crippen LogP contribution < -0.4 is 15.5 Å². The van der Waals surface area contributed by atoms with Gasteiger partial charge in [0, 0.05) is 11.1 Å². The quantitative estimate of drug-likeness (QED) is 0.435. The number of nitrogens with zero attached hydrogens (tertiary/aromatic N) is 3. The van der Waals surface area contributed by atoms with Crippen LogP contribution in [-0.2, 0) is 6.54 Å². The van der Waals surface area contributed by atoms with Gasteiger partial charge in [0.05, 0.1) is 41.7 Å². The maximum absolute atomic E-state index is 13.8. The highest BCUT2D eigenvalue weighted by Crippen LogP contribution is 2.39. The molecule has 1 aliphatic rings. The number of aryl methyl sites for hydroxylation is 1. The van der Waals surface area contributed by atoms with Crippen molar-refractivity contribution in [2.45, 2.75) is 25.9 Å². The molecule has 0 bridgehead atoms. The number of para-hydroxylation sites is 1. The number of anilines is 3. The molecule has 2 amide bonds. The number of fused-ring (bicyclic) bond motifs is 1. The van der Waals surface area contributed by atoms with E-state index in [4.69, 9.17) is 11.6 Å². The third-order valence-corrected chi connectivity index (χ3v) is 5.78. The van der Waals surface area contributed by atoms with E-state index in [9.17, 15) is 19.4 Å². The highest BCUT2D eigenvalue weighted by molar-refractivity contribution is 6.34. The lowest BCUT2D eigenvalue weighted by molar-refractivity contribution is 0.147. The normalized spacial score (nSPS) is 13.5. The largest absolute Gasteiger partial charge is 0.394 e. The molecular formula is C23H23ClFN5O3. The smallest absolute Gasteiger partial charge is 0.328 e. The lowest BCUT2D eigenvalue weighted by atomic mass is 10.00. The molecule has 10 heteroatoms. The Labute approximate surface area is 195 Å². The van der Waals surface area contributed by atoms with Crippen molar-refractivity contribution in [3.05, 3.63) is 64.4 Å². The van der Waals surface area contributed by atoms with Crippen molar-refractivity contribution >= 4 is 35.1 Å². The Hall–Kier alpha value is -3.27. The SMILES string of the molecule is Cc1cc(F)ccc1-c1nc(NC(C)(CO)CO)nc2c1CNC(=O)N2c1ccccc1Cl. The molecule has 4 N–H and O–H groups in total. The molecule has 4 rings (SSSR count). The van der Waals surface area contributed by atoms with Crippen LogP contribution in [0.5, 0.6) is 0 Å². The van der Waals surface area contributed by atoms with E-state index >= 15 is 0 Å². The number of aliphatic hydroxyl groups excluding tert-OH is 2. The summed E-state index contributed by atoms with van der Waals surface area (Å²) in [6.45, 7) is 2.75. The number of urea groups is 1. The Morgan fingerprint density at radius 1 is 1.21 bits per heavy atom. The molecule has 0 radical (unpaired) electrons. The van der Waals surface area contributed by atoms with Crippen LogP contribution in [0.2, 0.25) is 5.02 Å². The van der Waals surface area contributed by atoms with Gasteiger partial charge in [0.15, 0.2) is 5.82 Å². The average molecular weight is 472 g/mol. The zero-order valence-corrected chi connectivity index (χ0v) is 18.8. The molecule has 2 heterocycles. The van der Waals surface area contributed by atoms with Crippen LogP contribution in [0.25, 0.3) is 11.3 Å². The third kappa shape index (κ3) is 4.35. The third-order valence-electron chi connectivity index (χ3n) is 5.47. The average Bonchev–Trinajstić information content (AvgIpc) is 2.79. The molecule has 0 saturated carbocycles. The molecule has 8 nitrogen and oxygen atoms in total. The van der Waals surface area contributed by atoms with Gasteiger partial charge in [-0.25, -0.2) is 19.1 Å². The summed E-state index contributed by atoms with van der Waals surface area (Å²) in [6, 6.07) is 10.8. The van der Waals surface area contributed by atoms with Crippen molar-refractivity contribution < 1.29 is 19.4 Å². The van der Waals surface area contributed by atoms with Crippen molar-refractivity contribution in [3.63, 3.8) is 0 Å². The van der Waals surface area contributed by atoms with E-state index in [1.165, 1.54) is 17.0 Å². The number of carbonyl (C=O) groups is 1. The molecule has 0 aliphatic carbocycles. The lowest BCUT2D eigenvalue weighted by Gasteiger charge is -2.32. The zero-order valence-electron chi connectivity index (χ0n) is 18.1. The molecule has 0 unspecified atom stereocenters. The minimum Gasteiger partial charge on any atom is -0.394 e. The Balaban J connectivity index is 1.97. The van der Waals surface area contributed by atoms with Crippen molar-refractivity contribution in [2.24, 2.45) is 0 Å². The van der Waals surface area contributed by atoms with Gasteiger partial charge < -0.3 is 20.8 Å². The second kappa shape index (κ2) is 8.93. The van der Waals surface area contributed by atoms with Crippen LogP contribution in [0.3, 0.4) is 0 Å². The molecule has 3 aromatic rings. The first-order valence-electron chi connectivity index (χ1n) is 10.3. The van der Waals surface area contributed by atoms with E-state index < -0.39 is 11.6 Å². The fraction of sp³-hybridized carbons (Fsp3) is 0.261. The van der Waals surface area contributed by atoms with E-state index in [0.29, 0.717) is 38.9 Å². The molecule has 33 heavy (non-hydrogen) atoms. The molecule has 0 atom stereocenters. The summed E-state index contributed by atoms with van der Waals surface area (Å²) in [5.41, 5.74) is 1.71. The first-order chi connectivity index (χ1) is 15.8. The summed E-state index contributed by atoms with van der Waals surface area (Å²) in [5.74, 6) is 0.00258. The van der Waals surface area contributed by atoms with Crippen molar-refractivity contribution in [1.29, 1.82) is 0 Å². The van der Waals surface area contributed by atoms with Gasteiger partial charge in [0.2, 0.25) is 5.95 Å². The summed E-state index contributed by atoms with van der Waals surface area (Å²) in [5, 5.41) is 25.6. The lowest BCUT2D eigenvalue weighted by Crippen LogP contribution is -2.45. The Morgan fingerprint density at radius 2 is 1.94 bits per heavy atom. The fourth-order valence-corrected chi connectivity index (χ4v) is 3.81. The highest BCUT2D eigenvalue weighted by Gasteiger charge is 2.33. The molecule has 2 aromatic carbocycles. The van der Waals surface area contributed by atoms with Crippen LogP contribution in [0.4, 0.5) is 26.6 Å². The summed E-state index contributed by atoms with van der Waals surface area (Å²) < 4.78 is 13.8. The predicted molar refractivity (Wildman–Crippen MR) is 124 cm³/mol. The molecule has 1 aromatic heterocycles. The van der Waals surface area contributed by atoms with E-state index in [0.717, 1.165) is 0 Å².